The van der Waals surface area contributed by atoms with Gasteiger partial charge >= 0.3 is 0 Å². The topological polar surface area (TPSA) is 21.3 Å². The van der Waals surface area contributed by atoms with Gasteiger partial charge in [-0.3, -0.25) is 0 Å². The maximum atomic E-state index is 5.28. The minimum absolute atomic E-state index is 0.740. The quantitative estimate of drug-likeness (QED) is 0.513. The Balaban J connectivity index is 1.59. The fourth-order valence-electron chi connectivity index (χ4n) is 2.41. The second-order valence-electron chi connectivity index (χ2n) is 3.99. The Kier molecular flexibility index (Phi) is 3.01. The predicted molar refractivity (Wildman–Crippen MR) is 53.6 cm³/mol. The van der Waals surface area contributed by atoms with Crippen LogP contribution in [0.3, 0.4) is 0 Å². The van der Waals surface area contributed by atoms with Crippen LogP contribution in [0.25, 0.3) is 0 Å². The Morgan fingerprint density at radius 2 is 2.46 bits per heavy atom. The summed E-state index contributed by atoms with van der Waals surface area (Å²) in [6, 6.07) is 0.740. The zero-order valence-corrected chi connectivity index (χ0v) is 8.33. The van der Waals surface area contributed by atoms with Gasteiger partial charge in [0.1, 0.15) is 0 Å². The second-order valence-corrected chi connectivity index (χ2v) is 3.99. The second kappa shape index (κ2) is 4.25. The van der Waals surface area contributed by atoms with Crippen LogP contribution in [-0.4, -0.2) is 25.8 Å². The summed E-state index contributed by atoms with van der Waals surface area (Å²) in [5.74, 6) is 1.80. The van der Waals surface area contributed by atoms with E-state index in [1.807, 2.05) is 6.92 Å². The third-order valence-corrected chi connectivity index (χ3v) is 3.22. The van der Waals surface area contributed by atoms with Crippen LogP contribution in [-0.2, 0) is 4.74 Å². The van der Waals surface area contributed by atoms with E-state index in [4.69, 9.17) is 4.74 Å². The van der Waals surface area contributed by atoms with Gasteiger partial charge in [-0.2, -0.15) is 0 Å². The molecule has 13 heavy (non-hydrogen) atoms. The first-order chi connectivity index (χ1) is 6.42. The number of hydrogen-bond acceptors (Lipinski definition) is 2. The molecule has 1 fully saturated rings. The highest BCUT2D eigenvalue weighted by atomic mass is 16.5. The maximum Gasteiger partial charge on any atom is 0.0590 e. The molecule has 2 aliphatic carbocycles. The van der Waals surface area contributed by atoms with Gasteiger partial charge in [0, 0.05) is 19.2 Å². The third kappa shape index (κ3) is 1.94. The molecule has 0 aromatic carbocycles. The van der Waals surface area contributed by atoms with Crippen molar-refractivity contribution in [3.05, 3.63) is 12.2 Å². The summed E-state index contributed by atoms with van der Waals surface area (Å²) in [5.41, 5.74) is 0. The van der Waals surface area contributed by atoms with Crippen molar-refractivity contribution in [3.63, 3.8) is 0 Å². The van der Waals surface area contributed by atoms with Crippen LogP contribution in [0.5, 0.6) is 0 Å². The molecule has 0 saturated heterocycles. The van der Waals surface area contributed by atoms with E-state index < -0.39 is 0 Å². The lowest BCUT2D eigenvalue weighted by atomic mass is 9.71. The molecule has 0 aromatic rings. The van der Waals surface area contributed by atoms with Gasteiger partial charge in [0.05, 0.1) is 6.61 Å². The van der Waals surface area contributed by atoms with Gasteiger partial charge in [0.15, 0.2) is 0 Å². The van der Waals surface area contributed by atoms with Crippen LogP contribution in [0, 0.1) is 11.8 Å². The van der Waals surface area contributed by atoms with Gasteiger partial charge in [0.25, 0.3) is 0 Å². The maximum absolute atomic E-state index is 5.28. The molecule has 0 aliphatic heterocycles. The smallest absolute Gasteiger partial charge is 0.0590 e. The van der Waals surface area contributed by atoms with Crippen LogP contribution in [0.4, 0.5) is 0 Å². The van der Waals surface area contributed by atoms with Crippen molar-refractivity contribution in [3.8, 4) is 0 Å². The summed E-state index contributed by atoms with van der Waals surface area (Å²) < 4.78 is 5.28. The zero-order valence-electron chi connectivity index (χ0n) is 8.33. The summed E-state index contributed by atoms with van der Waals surface area (Å²) in [6.07, 6.45) is 7.39. The molecule has 2 aliphatic rings. The molecule has 2 rings (SSSR count). The SMILES string of the molecule is CCOCCNC1CC2CC=CC21. The van der Waals surface area contributed by atoms with Crippen LogP contribution in [0.2, 0.25) is 0 Å². The van der Waals surface area contributed by atoms with Crippen LogP contribution < -0.4 is 5.32 Å². The molecule has 1 saturated carbocycles. The van der Waals surface area contributed by atoms with Crippen molar-refractivity contribution in [1.82, 2.24) is 5.32 Å². The van der Waals surface area contributed by atoms with Gasteiger partial charge in [-0.1, -0.05) is 12.2 Å². The van der Waals surface area contributed by atoms with Crippen molar-refractivity contribution < 1.29 is 4.74 Å². The van der Waals surface area contributed by atoms with Crippen molar-refractivity contribution >= 4 is 0 Å². The largest absolute Gasteiger partial charge is 0.380 e. The summed E-state index contributed by atoms with van der Waals surface area (Å²) in [7, 11) is 0. The van der Waals surface area contributed by atoms with Crippen LogP contribution >= 0.6 is 0 Å². The van der Waals surface area contributed by atoms with E-state index >= 15 is 0 Å². The Hall–Kier alpha value is -0.340. The Bertz CT molecular complexity index is 191. The summed E-state index contributed by atoms with van der Waals surface area (Å²) in [6.45, 7) is 4.74. The summed E-state index contributed by atoms with van der Waals surface area (Å²) in [4.78, 5) is 0. The van der Waals surface area contributed by atoms with E-state index in [0.29, 0.717) is 0 Å². The highest BCUT2D eigenvalue weighted by Crippen LogP contribution is 2.42. The Morgan fingerprint density at radius 1 is 1.54 bits per heavy atom. The molecule has 3 unspecified atom stereocenters. The predicted octanol–water partition coefficient (Wildman–Crippen LogP) is 1.58. The third-order valence-electron chi connectivity index (χ3n) is 3.22. The molecule has 2 heteroatoms. The van der Waals surface area contributed by atoms with E-state index in [0.717, 1.165) is 37.6 Å². The molecule has 0 bridgehead atoms. The number of ether oxygens (including phenoxy) is 1. The van der Waals surface area contributed by atoms with E-state index in [9.17, 15) is 0 Å². The molecule has 2 nitrogen and oxygen atoms in total. The lowest BCUT2D eigenvalue weighted by Gasteiger charge is -2.40. The molecular weight excluding hydrogens is 162 g/mol. The Morgan fingerprint density at radius 3 is 3.23 bits per heavy atom. The molecule has 3 atom stereocenters. The number of allylic oxidation sites excluding steroid dienone is 1. The first kappa shape index (κ1) is 9.22. The average Bonchev–Trinajstić information content (AvgIpc) is 2.47. The number of hydrogen-bond donors (Lipinski definition) is 1. The summed E-state index contributed by atoms with van der Waals surface area (Å²) in [5, 5.41) is 3.55. The fourth-order valence-corrected chi connectivity index (χ4v) is 2.41. The number of rotatable bonds is 5. The van der Waals surface area contributed by atoms with Crippen molar-refractivity contribution in [2.75, 3.05) is 19.8 Å². The Labute approximate surface area is 80.4 Å². The standard InChI is InChI=1S/C11H19NO/c1-2-13-7-6-12-11-8-9-4-3-5-10(9)11/h3,5,9-12H,2,4,6-8H2,1H3. The molecule has 0 amide bonds. The number of nitrogens with one attached hydrogen (secondary N) is 1. The zero-order chi connectivity index (χ0) is 9.10. The molecule has 74 valence electrons. The summed E-state index contributed by atoms with van der Waals surface area (Å²) >= 11 is 0. The monoisotopic (exact) mass is 181 g/mol. The van der Waals surface area contributed by atoms with Crippen molar-refractivity contribution in [1.29, 1.82) is 0 Å². The van der Waals surface area contributed by atoms with Gasteiger partial charge in [-0.15, -0.1) is 0 Å². The van der Waals surface area contributed by atoms with Gasteiger partial charge in [-0.25, -0.2) is 0 Å². The van der Waals surface area contributed by atoms with E-state index in [2.05, 4.69) is 17.5 Å². The highest BCUT2D eigenvalue weighted by Gasteiger charge is 2.40. The molecule has 0 radical (unpaired) electrons. The van der Waals surface area contributed by atoms with Crippen LogP contribution in [0.1, 0.15) is 19.8 Å². The van der Waals surface area contributed by atoms with Gasteiger partial charge in [0.2, 0.25) is 0 Å². The first-order valence-electron chi connectivity index (χ1n) is 5.39. The number of fused-ring (bicyclic) bond motifs is 1. The molecule has 0 spiro atoms. The highest BCUT2D eigenvalue weighted by molar-refractivity contribution is 5.12. The molecule has 0 heterocycles. The lowest BCUT2D eigenvalue weighted by molar-refractivity contribution is 0.120. The van der Waals surface area contributed by atoms with Crippen molar-refractivity contribution in [2.24, 2.45) is 11.8 Å². The molecular formula is C11H19NO. The van der Waals surface area contributed by atoms with Gasteiger partial charge in [-0.05, 0) is 31.6 Å². The first-order valence-corrected chi connectivity index (χ1v) is 5.39. The minimum Gasteiger partial charge on any atom is -0.380 e. The van der Waals surface area contributed by atoms with Crippen LogP contribution in [0.15, 0.2) is 12.2 Å². The molecule has 1 N–H and O–H groups in total. The van der Waals surface area contributed by atoms with E-state index in [1.54, 1.807) is 0 Å². The van der Waals surface area contributed by atoms with E-state index in [1.165, 1.54) is 12.8 Å². The normalized spacial score (nSPS) is 35.9. The fraction of sp³-hybridized carbons (Fsp3) is 0.818. The van der Waals surface area contributed by atoms with Gasteiger partial charge < -0.3 is 10.1 Å². The van der Waals surface area contributed by atoms with E-state index in [-0.39, 0.29) is 0 Å². The molecule has 0 aromatic heterocycles. The lowest BCUT2D eigenvalue weighted by Crippen LogP contribution is -2.48. The van der Waals surface area contributed by atoms with Crippen molar-refractivity contribution in [2.45, 2.75) is 25.8 Å². The minimum atomic E-state index is 0.740. The average molecular weight is 181 g/mol.